The van der Waals surface area contributed by atoms with Gasteiger partial charge >= 0.3 is 6.18 Å². The molecule has 2 N–H and O–H groups in total. The summed E-state index contributed by atoms with van der Waals surface area (Å²) in [6.07, 6.45) is -1.89. The van der Waals surface area contributed by atoms with Crippen LogP contribution in [0.25, 0.3) is 0 Å². The number of rotatable bonds is 4. The molecule has 112 valence electrons. The first kappa shape index (κ1) is 15.4. The monoisotopic (exact) mass is 316 g/mol. The van der Waals surface area contributed by atoms with Gasteiger partial charge in [0.1, 0.15) is 5.82 Å². The maximum Gasteiger partial charge on any atom is 0.417 e. The highest BCUT2D eigenvalue weighted by Gasteiger charge is 2.30. The van der Waals surface area contributed by atoms with Crippen molar-refractivity contribution >= 4 is 17.6 Å². The molecule has 0 saturated carbocycles. The number of halogens is 3. The van der Waals surface area contributed by atoms with Gasteiger partial charge < -0.3 is 10.3 Å². The molecule has 5 nitrogen and oxygen atoms in total. The number of hydrogen-bond acceptors (Lipinski definition) is 5. The first-order valence-electron chi connectivity index (χ1n) is 5.80. The van der Waals surface area contributed by atoms with E-state index in [1.165, 1.54) is 23.9 Å². The number of H-pyrrole nitrogens is 1. The van der Waals surface area contributed by atoms with E-state index in [0.717, 1.165) is 12.3 Å². The van der Waals surface area contributed by atoms with Gasteiger partial charge in [-0.25, -0.2) is 9.97 Å². The lowest BCUT2D eigenvalue weighted by atomic mass is 10.3. The summed E-state index contributed by atoms with van der Waals surface area (Å²) in [5.74, 6) is 0.274. The summed E-state index contributed by atoms with van der Waals surface area (Å²) < 4.78 is 37.2. The molecule has 0 amide bonds. The van der Waals surface area contributed by atoms with E-state index >= 15 is 0 Å². The van der Waals surface area contributed by atoms with Gasteiger partial charge in [0, 0.05) is 12.3 Å². The highest BCUT2D eigenvalue weighted by molar-refractivity contribution is 7.98. The second-order valence-electron chi connectivity index (χ2n) is 4.03. The molecular formula is C12H11F3N4OS. The Balaban J connectivity index is 2.06. The number of nitrogens with one attached hydrogen (secondary N) is 2. The second-order valence-corrected chi connectivity index (χ2v) is 4.82. The number of aromatic amines is 1. The van der Waals surface area contributed by atoms with Gasteiger partial charge in [-0.2, -0.15) is 13.2 Å². The van der Waals surface area contributed by atoms with Crippen LogP contribution in [0.2, 0.25) is 0 Å². The van der Waals surface area contributed by atoms with E-state index in [2.05, 4.69) is 20.3 Å². The van der Waals surface area contributed by atoms with Gasteiger partial charge in [0.05, 0.1) is 17.8 Å². The van der Waals surface area contributed by atoms with Crippen LogP contribution >= 0.6 is 11.8 Å². The molecule has 2 aromatic rings. The first-order chi connectivity index (χ1) is 9.88. The summed E-state index contributed by atoms with van der Waals surface area (Å²) in [6, 6.07) is 3.48. The van der Waals surface area contributed by atoms with Crippen molar-refractivity contribution in [1.29, 1.82) is 0 Å². The van der Waals surface area contributed by atoms with Gasteiger partial charge in [0.15, 0.2) is 5.16 Å². The minimum atomic E-state index is -4.41. The van der Waals surface area contributed by atoms with E-state index in [1.54, 1.807) is 6.26 Å². The Kier molecular flexibility index (Phi) is 4.51. The minimum absolute atomic E-state index is 0.190. The van der Waals surface area contributed by atoms with E-state index in [4.69, 9.17) is 0 Å². The molecule has 0 aliphatic rings. The Morgan fingerprint density at radius 2 is 2.14 bits per heavy atom. The van der Waals surface area contributed by atoms with Crippen LogP contribution in [0.3, 0.4) is 0 Å². The quantitative estimate of drug-likeness (QED) is 0.670. The first-order valence-corrected chi connectivity index (χ1v) is 7.02. The van der Waals surface area contributed by atoms with E-state index in [9.17, 15) is 18.0 Å². The molecule has 2 heterocycles. The van der Waals surface area contributed by atoms with Gasteiger partial charge in [-0.15, -0.1) is 0 Å². The van der Waals surface area contributed by atoms with Crippen molar-refractivity contribution in [3.8, 4) is 0 Å². The largest absolute Gasteiger partial charge is 0.417 e. The molecule has 0 aliphatic heterocycles. The van der Waals surface area contributed by atoms with Crippen LogP contribution in [0.5, 0.6) is 0 Å². The van der Waals surface area contributed by atoms with Gasteiger partial charge in [-0.3, -0.25) is 4.79 Å². The summed E-state index contributed by atoms with van der Waals surface area (Å²) >= 11 is 1.29. The Bertz CT molecular complexity index is 669. The van der Waals surface area contributed by atoms with Crippen molar-refractivity contribution in [2.45, 2.75) is 17.9 Å². The topological polar surface area (TPSA) is 70.7 Å². The van der Waals surface area contributed by atoms with Crippen LogP contribution in [0, 0.1) is 0 Å². The Morgan fingerprint density at radius 1 is 1.38 bits per heavy atom. The Hall–Kier alpha value is -2.03. The van der Waals surface area contributed by atoms with Crippen LogP contribution in [-0.2, 0) is 12.7 Å². The smallest absolute Gasteiger partial charge is 0.364 e. The van der Waals surface area contributed by atoms with Crippen LogP contribution in [0.4, 0.5) is 19.0 Å². The van der Waals surface area contributed by atoms with Crippen LogP contribution < -0.4 is 10.9 Å². The average molecular weight is 316 g/mol. The number of hydrogen-bond donors (Lipinski definition) is 2. The molecule has 0 saturated heterocycles. The molecule has 0 bridgehead atoms. The standard InChI is InChI=1S/C12H11F3N4OS/c1-21-11-18-8(4-10(20)19-11)6-17-9-3-2-7(5-16-9)12(13,14)15/h2-5H,6H2,1H3,(H,16,17)(H,18,19,20). The number of anilines is 1. The van der Waals surface area contributed by atoms with Gasteiger partial charge in [-0.1, -0.05) is 11.8 Å². The van der Waals surface area contributed by atoms with Gasteiger partial charge in [-0.05, 0) is 18.4 Å². The number of thioether (sulfide) groups is 1. The Labute approximate surface area is 122 Å². The van der Waals surface area contributed by atoms with Gasteiger partial charge in [0.25, 0.3) is 5.56 Å². The van der Waals surface area contributed by atoms with Crippen molar-refractivity contribution in [2.75, 3.05) is 11.6 Å². The summed E-state index contributed by atoms with van der Waals surface area (Å²) in [5.41, 5.74) is -0.622. The summed E-state index contributed by atoms with van der Waals surface area (Å²) in [4.78, 5) is 21.7. The molecular weight excluding hydrogens is 305 g/mol. The van der Waals surface area contributed by atoms with Crippen molar-refractivity contribution < 1.29 is 13.2 Å². The molecule has 0 atom stereocenters. The average Bonchev–Trinajstić information content (AvgIpc) is 2.44. The van der Waals surface area contributed by atoms with E-state index in [0.29, 0.717) is 10.9 Å². The SMILES string of the molecule is CSc1nc(CNc2ccc(C(F)(F)F)cn2)cc(=O)[nH]1. The predicted molar refractivity (Wildman–Crippen MR) is 73.2 cm³/mol. The number of nitrogens with zero attached hydrogens (tertiary/aromatic N) is 2. The lowest BCUT2D eigenvalue weighted by Crippen LogP contribution is -2.13. The molecule has 0 aliphatic carbocycles. The molecule has 0 radical (unpaired) electrons. The van der Waals surface area contributed by atoms with Gasteiger partial charge in [0.2, 0.25) is 0 Å². The molecule has 2 aromatic heterocycles. The van der Waals surface area contributed by atoms with Crippen molar-refractivity contribution in [2.24, 2.45) is 0 Å². The fraction of sp³-hybridized carbons (Fsp3) is 0.250. The van der Waals surface area contributed by atoms with Crippen molar-refractivity contribution in [3.05, 3.63) is 46.0 Å². The summed E-state index contributed by atoms with van der Waals surface area (Å²) in [7, 11) is 0. The van der Waals surface area contributed by atoms with E-state index < -0.39 is 11.7 Å². The fourth-order valence-electron chi connectivity index (χ4n) is 1.52. The van der Waals surface area contributed by atoms with Crippen LogP contribution in [0.15, 0.2) is 34.3 Å². The molecule has 9 heteroatoms. The highest BCUT2D eigenvalue weighted by atomic mass is 32.2. The predicted octanol–water partition coefficient (Wildman–Crippen LogP) is 2.52. The molecule has 21 heavy (non-hydrogen) atoms. The number of aromatic nitrogens is 3. The Morgan fingerprint density at radius 3 is 2.71 bits per heavy atom. The zero-order valence-corrected chi connectivity index (χ0v) is 11.7. The molecule has 2 rings (SSSR count). The maximum absolute atomic E-state index is 12.4. The summed E-state index contributed by atoms with van der Waals surface area (Å²) in [6.45, 7) is 0.190. The molecule has 0 fully saturated rings. The maximum atomic E-state index is 12.4. The minimum Gasteiger partial charge on any atom is -0.364 e. The van der Waals surface area contributed by atoms with Crippen molar-refractivity contribution in [3.63, 3.8) is 0 Å². The fourth-order valence-corrected chi connectivity index (χ4v) is 1.93. The molecule has 0 aromatic carbocycles. The highest BCUT2D eigenvalue weighted by Crippen LogP contribution is 2.28. The third-order valence-electron chi connectivity index (χ3n) is 2.51. The zero-order chi connectivity index (χ0) is 15.5. The third-order valence-corrected chi connectivity index (χ3v) is 3.09. The van der Waals surface area contributed by atoms with E-state index in [-0.39, 0.29) is 17.9 Å². The van der Waals surface area contributed by atoms with Crippen LogP contribution in [0.1, 0.15) is 11.3 Å². The lowest BCUT2D eigenvalue weighted by molar-refractivity contribution is -0.137. The second kappa shape index (κ2) is 6.17. The lowest BCUT2D eigenvalue weighted by Gasteiger charge is -2.08. The summed E-state index contributed by atoms with van der Waals surface area (Å²) in [5, 5.41) is 3.29. The normalized spacial score (nSPS) is 11.4. The molecule has 0 unspecified atom stereocenters. The molecule has 0 spiro atoms. The number of pyridine rings is 1. The van der Waals surface area contributed by atoms with E-state index in [1.807, 2.05) is 0 Å². The van der Waals surface area contributed by atoms with Crippen LogP contribution in [-0.4, -0.2) is 21.2 Å². The third kappa shape index (κ3) is 4.22. The number of alkyl halides is 3. The van der Waals surface area contributed by atoms with Crippen molar-refractivity contribution in [1.82, 2.24) is 15.0 Å². The zero-order valence-electron chi connectivity index (χ0n) is 10.9.